The average molecular weight is 662 g/mol. The lowest BCUT2D eigenvalue weighted by molar-refractivity contribution is -0.135. The van der Waals surface area contributed by atoms with Gasteiger partial charge in [-0.05, 0) is 12.1 Å². The van der Waals surface area contributed by atoms with Gasteiger partial charge in [0.05, 0.1) is 0 Å². The summed E-state index contributed by atoms with van der Waals surface area (Å²) in [6.07, 6.45) is 0.801. The first-order chi connectivity index (χ1) is 18.6. The summed E-state index contributed by atoms with van der Waals surface area (Å²) in [5.74, 6) is -7.83. The molecule has 0 aliphatic heterocycles. The number of hydrogen-bond donors (Lipinski definition) is 4. The van der Waals surface area contributed by atoms with E-state index < -0.39 is 101 Å². The molecule has 0 saturated heterocycles. The Morgan fingerprint density at radius 2 is 1.30 bits per heavy atom. The minimum atomic E-state index is -4.11. The quantitative estimate of drug-likeness (QED) is 0.194. The third-order valence-electron chi connectivity index (χ3n) is 4.56. The number of benzene rings is 1. The van der Waals surface area contributed by atoms with Crippen molar-refractivity contribution < 1.29 is 46.5 Å². The van der Waals surface area contributed by atoms with E-state index in [4.69, 9.17) is 66.1 Å². The Balaban J connectivity index is 2.05. The predicted octanol–water partition coefficient (Wildman–Crippen LogP) is 5.35. The molecule has 0 unspecified atom stereocenters. The lowest BCUT2D eigenvalue weighted by atomic mass is 10.3. The molecule has 0 aliphatic carbocycles. The number of ether oxygens (including phenoxy) is 2. The first kappa shape index (κ1) is 31.2. The number of anilines is 2. The number of halogens is 6. The van der Waals surface area contributed by atoms with Crippen molar-refractivity contribution in [3.8, 4) is 23.0 Å². The molecule has 214 valence electrons. The normalized spacial score (nSPS) is 11.2. The van der Waals surface area contributed by atoms with E-state index >= 15 is 0 Å². The zero-order chi connectivity index (χ0) is 29.9. The minimum absolute atomic E-state index is 0.256. The van der Waals surface area contributed by atoms with Gasteiger partial charge in [0.15, 0.2) is 33.0 Å². The van der Waals surface area contributed by atoms with Crippen LogP contribution in [0.1, 0.15) is 0 Å². The Labute approximate surface area is 243 Å². The van der Waals surface area contributed by atoms with Gasteiger partial charge in [0, 0.05) is 12.3 Å². The molecule has 3 rings (SSSR count). The molecule has 2 heterocycles. The second-order valence-corrected chi connectivity index (χ2v) is 11.0. The van der Waals surface area contributed by atoms with E-state index in [-0.39, 0.29) is 5.75 Å². The summed E-state index contributed by atoms with van der Waals surface area (Å²) in [4.78, 5) is 27.9. The van der Waals surface area contributed by atoms with Gasteiger partial charge in [0.25, 0.3) is 0 Å². The summed E-state index contributed by atoms with van der Waals surface area (Å²) in [7, 11) is -4.11. The number of rotatable bonds is 11. The number of sulfone groups is 1. The number of carbonyl (C=O) groups is 2. The molecule has 0 saturated carbocycles. The van der Waals surface area contributed by atoms with Gasteiger partial charge < -0.3 is 30.3 Å². The maximum atomic E-state index is 14.3. The summed E-state index contributed by atoms with van der Waals surface area (Å²) in [5, 5.41) is 19.9. The molecular formula is C21H14Cl4F2N4O8S. The van der Waals surface area contributed by atoms with Gasteiger partial charge in [0.1, 0.15) is 49.6 Å². The van der Waals surface area contributed by atoms with E-state index in [0.717, 1.165) is 24.5 Å². The molecule has 0 amide bonds. The highest BCUT2D eigenvalue weighted by Crippen LogP contribution is 2.45. The van der Waals surface area contributed by atoms with Crippen molar-refractivity contribution in [2.75, 3.05) is 30.0 Å². The van der Waals surface area contributed by atoms with Crippen LogP contribution in [0.3, 0.4) is 0 Å². The zero-order valence-electron chi connectivity index (χ0n) is 19.6. The van der Waals surface area contributed by atoms with Gasteiger partial charge in [0.2, 0.25) is 11.9 Å². The zero-order valence-corrected chi connectivity index (χ0v) is 23.4. The molecule has 0 fully saturated rings. The molecule has 0 atom stereocenters. The fourth-order valence-corrected chi connectivity index (χ4v) is 4.61. The van der Waals surface area contributed by atoms with E-state index in [1.165, 1.54) is 0 Å². The third kappa shape index (κ3) is 7.22. The van der Waals surface area contributed by atoms with Crippen LogP contribution in [0.15, 0.2) is 23.1 Å². The fraction of sp³-hybridized carbons (Fsp3) is 0.143. The number of aromatic nitrogens is 2. The Bertz CT molecular complexity index is 1630. The lowest BCUT2D eigenvalue weighted by Crippen LogP contribution is -2.14. The standard InChI is InChI=1S/C21H14Cl4F2N4O8S/c1-40(36,37)9-4-7(38-16-12(22)18(26)30-20(14(16)24)28-5-10(32)33)2-3-8(9)39-17-13(23)19(27)31-21(15(17)25)29-6-11(34)35/h2-4H,5-6H2,1H3,(H,28,30)(H,29,31)(H,32,33)(H,34,35). The largest absolute Gasteiger partial charge is 0.480 e. The van der Waals surface area contributed by atoms with Crippen molar-refractivity contribution in [3.05, 3.63) is 50.2 Å². The molecule has 19 heteroatoms. The van der Waals surface area contributed by atoms with Crippen LogP contribution in [-0.2, 0) is 19.4 Å². The molecule has 2 aromatic heterocycles. The Hall–Kier alpha value is -3.37. The van der Waals surface area contributed by atoms with E-state index in [2.05, 4.69) is 20.6 Å². The van der Waals surface area contributed by atoms with Gasteiger partial charge in [-0.3, -0.25) is 9.59 Å². The third-order valence-corrected chi connectivity index (χ3v) is 7.03. The molecule has 0 radical (unpaired) electrons. The van der Waals surface area contributed by atoms with Crippen LogP contribution in [0.5, 0.6) is 23.0 Å². The fourth-order valence-electron chi connectivity index (χ4n) is 2.87. The second-order valence-electron chi connectivity index (χ2n) is 7.50. The Kier molecular flexibility index (Phi) is 9.68. The highest BCUT2D eigenvalue weighted by atomic mass is 35.5. The van der Waals surface area contributed by atoms with Crippen molar-refractivity contribution >= 4 is 79.8 Å². The molecule has 4 N–H and O–H groups in total. The molecule has 0 spiro atoms. The van der Waals surface area contributed by atoms with Gasteiger partial charge in [-0.15, -0.1) is 0 Å². The summed E-state index contributed by atoms with van der Waals surface area (Å²) in [6, 6.07) is 3.13. The number of hydrogen-bond acceptors (Lipinski definition) is 10. The van der Waals surface area contributed by atoms with E-state index in [1.807, 2.05) is 0 Å². The van der Waals surface area contributed by atoms with Crippen molar-refractivity contribution in [1.82, 2.24) is 9.97 Å². The highest BCUT2D eigenvalue weighted by Gasteiger charge is 2.25. The number of carboxylic acids is 2. The van der Waals surface area contributed by atoms with Crippen LogP contribution in [0, 0.1) is 11.9 Å². The van der Waals surface area contributed by atoms with Crippen LogP contribution in [0.25, 0.3) is 0 Å². The van der Waals surface area contributed by atoms with Crippen molar-refractivity contribution in [2.24, 2.45) is 0 Å². The van der Waals surface area contributed by atoms with Crippen molar-refractivity contribution in [3.63, 3.8) is 0 Å². The monoisotopic (exact) mass is 660 g/mol. The molecule has 3 aromatic rings. The van der Waals surface area contributed by atoms with Crippen LogP contribution < -0.4 is 20.1 Å². The second kappa shape index (κ2) is 12.4. The van der Waals surface area contributed by atoms with Crippen LogP contribution in [-0.4, -0.2) is 59.9 Å². The number of carboxylic acid groups (broad SMARTS) is 2. The van der Waals surface area contributed by atoms with Crippen molar-refractivity contribution in [1.29, 1.82) is 0 Å². The summed E-state index contributed by atoms with van der Waals surface area (Å²) in [6.45, 7) is -1.37. The molecule has 40 heavy (non-hydrogen) atoms. The van der Waals surface area contributed by atoms with Gasteiger partial charge in [-0.2, -0.15) is 18.7 Å². The van der Waals surface area contributed by atoms with Gasteiger partial charge in [-0.25, -0.2) is 8.42 Å². The topological polar surface area (TPSA) is 177 Å². The van der Waals surface area contributed by atoms with Crippen molar-refractivity contribution in [2.45, 2.75) is 4.90 Å². The first-order valence-corrected chi connectivity index (χ1v) is 13.7. The SMILES string of the molecule is CS(=O)(=O)c1cc(Oc2c(Cl)c(F)nc(NCC(=O)O)c2Cl)ccc1Oc1c(Cl)c(F)nc(NCC(=O)O)c1Cl. The number of nitrogens with zero attached hydrogens (tertiary/aromatic N) is 2. The molecule has 12 nitrogen and oxygen atoms in total. The summed E-state index contributed by atoms with van der Waals surface area (Å²) < 4.78 is 64.8. The lowest BCUT2D eigenvalue weighted by Gasteiger charge is -2.17. The van der Waals surface area contributed by atoms with Gasteiger partial charge in [-0.1, -0.05) is 46.4 Å². The van der Waals surface area contributed by atoms with Gasteiger partial charge >= 0.3 is 11.9 Å². The smallest absolute Gasteiger partial charge is 0.322 e. The summed E-state index contributed by atoms with van der Waals surface area (Å²) >= 11 is 24.1. The molecule has 1 aromatic carbocycles. The maximum absolute atomic E-state index is 14.3. The van der Waals surface area contributed by atoms with E-state index in [0.29, 0.717) is 0 Å². The van der Waals surface area contributed by atoms with Crippen LogP contribution in [0.4, 0.5) is 20.4 Å². The average Bonchev–Trinajstić information content (AvgIpc) is 2.86. The Morgan fingerprint density at radius 1 is 0.850 bits per heavy atom. The van der Waals surface area contributed by atoms with Crippen LogP contribution in [0.2, 0.25) is 20.1 Å². The molecule has 0 aliphatic rings. The Morgan fingerprint density at radius 3 is 1.73 bits per heavy atom. The predicted molar refractivity (Wildman–Crippen MR) is 140 cm³/mol. The van der Waals surface area contributed by atoms with Crippen LogP contribution >= 0.6 is 46.4 Å². The van der Waals surface area contributed by atoms with E-state index in [9.17, 15) is 26.8 Å². The minimum Gasteiger partial charge on any atom is -0.480 e. The number of nitrogens with one attached hydrogen (secondary N) is 2. The number of aliphatic carboxylic acids is 2. The highest BCUT2D eigenvalue weighted by molar-refractivity contribution is 7.90. The molecular weight excluding hydrogens is 648 g/mol. The summed E-state index contributed by atoms with van der Waals surface area (Å²) in [5.41, 5.74) is 0. The first-order valence-electron chi connectivity index (χ1n) is 10.3. The maximum Gasteiger partial charge on any atom is 0.322 e. The number of pyridine rings is 2. The molecule has 0 bridgehead atoms. The van der Waals surface area contributed by atoms with E-state index in [1.54, 1.807) is 0 Å².